The molecule has 3 unspecified atom stereocenters. The summed E-state index contributed by atoms with van der Waals surface area (Å²) in [6, 6.07) is 0. The van der Waals surface area contributed by atoms with Gasteiger partial charge in [-0.05, 0) is 68.3 Å². The van der Waals surface area contributed by atoms with Crippen LogP contribution in [0.2, 0.25) is 0 Å². The molecule has 1 heterocycles. The maximum Gasteiger partial charge on any atom is 0.334 e. The Labute approximate surface area is 166 Å². The zero-order valence-corrected chi connectivity index (χ0v) is 17.6. The Hall–Kier alpha value is 0.0539. The van der Waals surface area contributed by atoms with E-state index in [0.717, 1.165) is 30.8 Å². The van der Waals surface area contributed by atoms with Crippen molar-refractivity contribution in [3.8, 4) is 0 Å². The molecule has 125 valence electrons. The Morgan fingerprint density at radius 2 is 2.17 bits per heavy atom. The van der Waals surface area contributed by atoms with Gasteiger partial charge in [0.15, 0.2) is 0 Å². The van der Waals surface area contributed by atoms with Crippen molar-refractivity contribution in [3.05, 3.63) is 23.8 Å². The van der Waals surface area contributed by atoms with E-state index in [-0.39, 0.29) is 44.8 Å². The zero-order valence-electron chi connectivity index (χ0n) is 14.8. The minimum Gasteiger partial charge on any atom is -0.514 e. The molecule has 2 aliphatic carbocycles. The molecule has 0 saturated heterocycles. The van der Waals surface area contributed by atoms with Crippen LogP contribution in [-0.4, -0.2) is 12.1 Å². The van der Waals surface area contributed by atoms with Gasteiger partial charge in [-0.15, -0.1) is 0 Å². The standard InChI is InChI=1S/C20H29O2.Y/c1-13-6-5-11-20(4)17(13)9-10-18(20)14(2)7-8-16-12-15(3)19(21)22-16;/h1,12,14,16-18H,5-11H2,2-4H3;/q-1;/t14?,16?,17?,18-,20+;/m1./s1. The van der Waals surface area contributed by atoms with Crippen LogP contribution in [0.25, 0.3) is 0 Å². The molecule has 0 aromatic heterocycles. The van der Waals surface area contributed by atoms with Crippen LogP contribution in [0.15, 0.2) is 17.2 Å². The average molecular weight is 390 g/mol. The van der Waals surface area contributed by atoms with Crippen LogP contribution in [0.1, 0.15) is 65.7 Å². The molecule has 2 nitrogen and oxygen atoms in total. The summed E-state index contributed by atoms with van der Waals surface area (Å²) >= 11 is 0. The van der Waals surface area contributed by atoms with Crippen LogP contribution < -0.4 is 0 Å². The number of hydrogen-bond acceptors (Lipinski definition) is 2. The van der Waals surface area contributed by atoms with E-state index in [9.17, 15) is 4.79 Å². The first-order valence-corrected chi connectivity index (χ1v) is 8.92. The smallest absolute Gasteiger partial charge is 0.334 e. The Balaban J connectivity index is 0.00000192. The second-order valence-electron chi connectivity index (χ2n) is 8.02. The first-order chi connectivity index (χ1) is 10.4. The third-order valence-electron chi connectivity index (χ3n) is 6.65. The molecule has 1 aliphatic heterocycles. The second kappa shape index (κ2) is 7.52. The molecule has 1 radical (unpaired) electrons. The van der Waals surface area contributed by atoms with Gasteiger partial charge >= 0.3 is 5.97 Å². The van der Waals surface area contributed by atoms with E-state index in [4.69, 9.17) is 11.3 Å². The fraction of sp³-hybridized carbons (Fsp3) is 0.750. The number of fused-ring (bicyclic) bond motifs is 1. The van der Waals surface area contributed by atoms with Crippen LogP contribution in [0.5, 0.6) is 0 Å². The number of carbonyl (C=O) groups excluding carboxylic acids is 1. The Morgan fingerprint density at radius 3 is 2.83 bits per heavy atom. The molecular weight excluding hydrogens is 361 g/mol. The molecule has 3 aliphatic rings. The number of esters is 1. The minimum absolute atomic E-state index is 0. The van der Waals surface area contributed by atoms with Crippen molar-refractivity contribution in [2.75, 3.05) is 0 Å². The summed E-state index contributed by atoms with van der Waals surface area (Å²) in [5, 5.41) is 0. The Kier molecular flexibility index (Phi) is 6.34. The molecule has 0 spiro atoms. The van der Waals surface area contributed by atoms with Crippen molar-refractivity contribution in [3.63, 3.8) is 0 Å². The number of allylic oxidation sites excluding steroid dienone is 1. The fourth-order valence-corrected chi connectivity index (χ4v) is 5.40. The summed E-state index contributed by atoms with van der Waals surface area (Å²) in [5.41, 5.74) is 2.42. The third kappa shape index (κ3) is 3.69. The molecular formula is C20H29O2Y-. The number of cyclic esters (lactones) is 1. The van der Waals surface area contributed by atoms with Gasteiger partial charge in [-0.3, -0.25) is 5.57 Å². The van der Waals surface area contributed by atoms with E-state index in [0.29, 0.717) is 17.3 Å². The van der Waals surface area contributed by atoms with Gasteiger partial charge in [-0.1, -0.05) is 26.7 Å². The summed E-state index contributed by atoms with van der Waals surface area (Å²) in [4.78, 5) is 11.5. The van der Waals surface area contributed by atoms with Gasteiger partial charge < -0.3 is 11.3 Å². The molecule has 0 aromatic rings. The van der Waals surface area contributed by atoms with E-state index in [2.05, 4.69) is 13.8 Å². The summed E-state index contributed by atoms with van der Waals surface area (Å²) in [7, 11) is 0. The monoisotopic (exact) mass is 390 g/mol. The van der Waals surface area contributed by atoms with E-state index in [1.165, 1.54) is 31.3 Å². The maximum absolute atomic E-state index is 11.5. The molecule has 2 fully saturated rings. The summed E-state index contributed by atoms with van der Waals surface area (Å²) in [6.07, 6.45) is 10.4. The number of ether oxygens (including phenoxy) is 1. The predicted molar refractivity (Wildman–Crippen MR) is 88.0 cm³/mol. The van der Waals surface area contributed by atoms with Crippen LogP contribution in [-0.2, 0) is 42.2 Å². The molecule has 0 amide bonds. The van der Waals surface area contributed by atoms with E-state index < -0.39 is 0 Å². The fourth-order valence-electron chi connectivity index (χ4n) is 5.40. The average Bonchev–Trinajstić information content (AvgIpc) is 2.97. The van der Waals surface area contributed by atoms with E-state index >= 15 is 0 Å². The third-order valence-corrected chi connectivity index (χ3v) is 6.65. The number of rotatable bonds is 4. The van der Waals surface area contributed by atoms with Gasteiger partial charge in [0.1, 0.15) is 6.10 Å². The van der Waals surface area contributed by atoms with Crippen LogP contribution in [0, 0.1) is 29.7 Å². The number of carbonyl (C=O) groups is 1. The van der Waals surface area contributed by atoms with Gasteiger partial charge in [-0.2, -0.15) is 0 Å². The molecule has 3 heteroatoms. The Morgan fingerprint density at radius 1 is 1.43 bits per heavy atom. The normalized spacial score (nSPS) is 37.7. The van der Waals surface area contributed by atoms with Crippen LogP contribution in [0.3, 0.4) is 0 Å². The van der Waals surface area contributed by atoms with Crippen molar-refractivity contribution >= 4 is 5.97 Å². The molecule has 0 aromatic carbocycles. The van der Waals surface area contributed by atoms with Crippen molar-refractivity contribution in [2.45, 2.75) is 71.8 Å². The largest absolute Gasteiger partial charge is 0.514 e. The van der Waals surface area contributed by atoms with Crippen molar-refractivity contribution in [2.24, 2.45) is 23.2 Å². The molecule has 3 rings (SSSR count). The summed E-state index contributed by atoms with van der Waals surface area (Å²) in [6.45, 7) is 13.0. The zero-order chi connectivity index (χ0) is 15.9. The SMILES string of the molecule is [CH-]=C1CCC[C@@]2(C)C1CC[C@@H]2C(C)CCC1C=C(C)C(=O)O1.[Y]. The van der Waals surface area contributed by atoms with Gasteiger partial charge in [0.05, 0.1) is 0 Å². The first-order valence-electron chi connectivity index (χ1n) is 8.92. The molecule has 0 N–H and O–H groups in total. The van der Waals surface area contributed by atoms with Gasteiger partial charge in [-0.25, -0.2) is 4.79 Å². The van der Waals surface area contributed by atoms with Crippen LogP contribution >= 0.6 is 0 Å². The summed E-state index contributed by atoms with van der Waals surface area (Å²) < 4.78 is 5.38. The van der Waals surface area contributed by atoms with E-state index in [1.807, 2.05) is 13.0 Å². The van der Waals surface area contributed by atoms with Crippen molar-refractivity contribution < 1.29 is 42.2 Å². The number of hydrogen-bond donors (Lipinski definition) is 0. The predicted octanol–water partition coefficient (Wildman–Crippen LogP) is 4.85. The first kappa shape index (κ1) is 19.4. The van der Waals surface area contributed by atoms with Gasteiger partial charge in [0.25, 0.3) is 0 Å². The topological polar surface area (TPSA) is 26.3 Å². The van der Waals surface area contributed by atoms with Crippen molar-refractivity contribution in [1.29, 1.82) is 0 Å². The van der Waals surface area contributed by atoms with Crippen LogP contribution in [0.4, 0.5) is 0 Å². The van der Waals surface area contributed by atoms with E-state index in [1.54, 1.807) is 0 Å². The van der Waals surface area contributed by atoms with Gasteiger partial charge in [0.2, 0.25) is 0 Å². The molecule has 5 atom stereocenters. The van der Waals surface area contributed by atoms with Gasteiger partial charge in [0, 0.05) is 38.3 Å². The maximum atomic E-state index is 11.5. The Bertz CT molecular complexity index is 510. The molecule has 23 heavy (non-hydrogen) atoms. The van der Waals surface area contributed by atoms with Crippen molar-refractivity contribution in [1.82, 2.24) is 0 Å². The summed E-state index contributed by atoms with van der Waals surface area (Å²) in [5.74, 6) is 1.94. The minimum atomic E-state index is -0.139. The molecule has 0 bridgehead atoms. The molecule has 2 saturated carbocycles. The second-order valence-corrected chi connectivity index (χ2v) is 8.02. The quantitative estimate of drug-likeness (QED) is 0.507.